The van der Waals surface area contributed by atoms with Crippen molar-refractivity contribution in [1.82, 2.24) is 0 Å². The minimum Gasteiger partial charge on any atom is -0.462 e. The fourth-order valence-corrected chi connectivity index (χ4v) is 5.75. The zero-order chi connectivity index (χ0) is 44.4. The third-order valence-electron chi connectivity index (χ3n) is 9.26. The van der Waals surface area contributed by atoms with Crippen LogP contribution < -0.4 is 0 Å². The smallest absolute Gasteiger partial charge is 0.306 e. The summed E-state index contributed by atoms with van der Waals surface area (Å²) in [6, 6.07) is 0. The lowest BCUT2D eigenvalue weighted by molar-refractivity contribution is -0.166. The van der Waals surface area contributed by atoms with Crippen LogP contribution in [-0.2, 0) is 28.6 Å². The second kappa shape index (κ2) is 48.2. The first-order valence-electron chi connectivity index (χ1n) is 23.8. The molecule has 0 radical (unpaired) electrons. The van der Waals surface area contributed by atoms with Crippen LogP contribution in [0.1, 0.15) is 175 Å². The molecule has 6 nitrogen and oxygen atoms in total. The van der Waals surface area contributed by atoms with Gasteiger partial charge in [-0.15, -0.1) is 0 Å². The highest BCUT2D eigenvalue weighted by Gasteiger charge is 2.19. The van der Waals surface area contributed by atoms with Gasteiger partial charge in [0.1, 0.15) is 13.2 Å². The van der Waals surface area contributed by atoms with E-state index in [0.29, 0.717) is 12.8 Å². The average molecular weight is 841 g/mol. The number of carbonyl (C=O) groups excluding carboxylic acids is 3. The number of hydrogen-bond donors (Lipinski definition) is 0. The lowest BCUT2D eigenvalue weighted by Gasteiger charge is -2.18. The highest BCUT2D eigenvalue weighted by Crippen LogP contribution is 2.11. The van der Waals surface area contributed by atoms with E-state index in [-0.39, 0.29) is 50.4 Å². The van der Waals surface area contributed by atoms with Crippen molar-refractivity contribution in [2.45, 2.75) is 181 Å². The maximum absolute atomic E-state index is 12.7. The molecule has 0 saturated heterocycles. The quantitative estimate of drug-likeness (QED) is 0.0201. The number of carbonyl (C=O) groups is 3. The molecule has 0 spiro atoms. The predicted octanol–water partition coefficient (Wildman–Crippen LogP) is 15.5. The zero-order valence-electron chi connectivity index (χ0n) is 38.6. The molecule has 0 aliphatic carbocycles. The van der Waals surface area contributed by atoms with Crippen LogP contribution in [0.3, 0.4) is 0 Å². The van der Waals surface area contributed by atoms with Gasteiger partial charge in [0.15, 0.2) is 6.10 Å². The van der Waals surface area contributed by atoms with E-state index >= 15 is 0 Å². The molecule has 0 heterocycles. The first kappa shape index (κ1) is 56.5. The van der Waals surface area contributed by atoms with Crippen LogP contribution in [0, 0.1) is 0 Å². The van der Waals surface area contributed by atoms with E-state index in [1.54, 1.807) is 0 Å². The van der Waals surface area contributed by atoms with Gasteiger partial charge in [0.25, 0.3) is 0 Å². The summed E-state index contributed by atoms with van der Waals surface area (Å²) in [6.07, 6.45) is 67.4. The SMILES string of the molecule is CC\C=C/C=C\C=C/C=C\C=C/CCCC(=O)OCC(COC(=O)CC/C=C\C/C=C\C/C=C\C/C=C\C/C=C\CC)OC(=O)CCCCC/C=C\CCCCCCCCC. The van der Waals surface area contributed by atoms with Crippen LogP contribution in [0.15, 0.2) is 134 Å². The Morgan fingerprint density at radius 3 is 1.33 bits per heavy atom. The Labute approximate surface area is 373 Å². The van der Waals surface area contributed by atoms with Crippen molar-refractivity contribution < 1.29 is 28.6 Å². The van der Waals surface area contributed by atoms with Crippen molar-refractivity contribution >= 4 is 17.9 Å². The second-order valence-corrected chi connectivity index (χ2v) is 15.0. The highest BCUT2D eigenvalue weighted by molar-refractivity contribution is 5.71. The van der Waals surface area contributed by atoms with Gasteiger partial charge in [-0.2, -0.15) is 0 Å². The van der Waals surface area contributed by atoms with E-state index in [1.165, 1.54) is 44.9 Å². The normalized spacial score (nSPS) is 13.3. The number of allylic oxidation sites excluding steroid dienone is 22. The van der Waals surface area contributed by atoms with E-state index < -0.39 is 6.10 Å². The van der Waals surface area contributed by atoms with Gasteiger partial charge < -0.3 is 14.2 Å². The maximum Gasteiger partial charge on any atom is 0.306 e. The van der Waals surface area contributed by atoms with Gasteiger partial charge in [0, 0.05) is 19.3 Å². The monoisotopic (exact) mass is 841 g/mol. The van der Waals surface area contributed by atoms with Crippen LogP contribution in [0.2, 0.25) is 0 Å². The van der Waals surface area contributed by atoms with Crippen molar-refractivity contribution in [2.24, 2.45) is 0 Å². The van der Waals surface area contributed by atoms with Gasteiger partial charge in [0.05, 0.1) is 0 Å². The number of esters is 3. The maximum atomic E-state index is 12.7. The molecule has 0 N–H and O–H groups in total. The van der Waals surface area contributed by atoms with Crippen LogP contribution in [0.4, 0.5) is 0 Å². The molecule has 0 aliphatic rings. The first-order chi connectivity index (χ1) is 30.0. The zero-order valence-corrected chi connectivity index (χ0v) is 38.6. The van der Waals surface area contributed by atoms with E-state index in [9.17, 15) is 14.4 Å². The molecule has 6 heteroatoms. The Morgan fingerprint density at radius 2 is 0.770 bits per heavy atom. The number of ether oxygens (including phenoxy) is 3. The predicted molar refractivity (Wildman–Crippen MR) is 260 cm³/mol. The van der Waals surface area contributed by atoms with Crippen LogP contribution in [-0.4, -0.2) is 37.2 Å². The summed E-state index contributed by atoms with van der Waals surface area (Å²) < 4.78 is 16.6. The van der Waals surface area contributed by atoms with Crippen molar-refractivity contribution in [3.63, 3.8) is 0 Å². The molecule has 1 atom stereocenters. The molecule has 0 amide bonds. The van der Waals surface area contributed by atoms with Crippen molar-refractivity contribution in [2.75, 3.05) is 13.2 Å². The van der Waals surface area contributed by atoms with Crippen LogP contribution in [0.5, 0.6) is 0 Å². The molecule has 0 rings (SSSR count). The molecule has 1 unspecified atom stereocenters. The van der Waals surface area contributed by atoms with Gasteiger partial charge in [0.2, 0.25) is 0 Å². The van der Waals surface area contributed by atoms with E-state index in [4.69, 9.17) is 14.2 Å². The molecule has 0 saturated carbocycles. The minimum absolute atomic E-state index is 0.149. The summed E-state index contributed by atoms with van der Waals surface area (Å²) in [4.78, 5) is 37.8. The number of hydrogen-bond acceptors (Lipinski definition) is 6. The summed E-state index contributed by atoms with van der Waals surface area (Å²) >= 11 is 0. The molecule has 0 bridgehead atoms. The molecule has 0 aromatic carbocycles. The van der Waals surface area contributed by atoms with Crippen molar-refractivity contribution in [3.05, 3.63) is 134 Å². The standard InChI is InChI=1S/C55H84O6/c1-4-7-10-13-16-19-22-25-27-28-31-33-36-39-42-45-48-54(57)60-51-52(50-59-53(56)47-44-41-38-35-32-29-24-21-18-15-12-9-6-3)61-55(58)49-46-43-40-37-34-30-26-23-20-17-14-11-8-5-2/h7,9-10,12,15-16,18-19,21,24-25,27,29-35,38-39,42,52H,4-6,8,11,13-14,17,20,22-23,26,28,36-37,40-41,43-51H2,1-3H3/b10-7-,12-9-,18-15-,19-16-,24-21-,27-25-,32-29-,33-31-,34-30-,38-35-,42-39-. The van der Waals surface area contributed by atoms with Crippen LogP contribution in [0.25, 0.3) is 0 Å². The minimum atomic E-state index is -0.848. The Kier molecular flexibility index (Phi) is 44.7. The fraction of sp³-hybridized carbons (Fsp3) is 0.545. The van der Waals surface area contributed by atoms with E-state index in [2.05, 4.69) is 87.6 Å². The molecule has 0 fully saturated rings. The molecular weight excluding hydrogens is 757 g/mol. The molecule has 0 aromatic rings. The third kappa shape index (κ3) is 46.5. The third-order valence-corrected chi connectivity index (χ3v) is 9.26. The van der Waals surface area contributed by atoms with E-state index in [0.717, 1.165) is 77.0 Å². The van der Waals surface area contributed by atoms with Crippen molar-refractivity contribution in [3.8, 4) is 0 Å². The van der Waals surface area contributed by atoms with Crippen LogP contribution >= 0.6 is 0 Å². The summed E-state index contributed by atoms with van der Waals surface area (Å²) in [6.45, 7) is 6.19. The molecular formula is C55H84O6. The van der Waals surface area contributed by atoms with Gasteiger partial charge in [-0.3, -0.25) is 14.4 Å². The Hall–Kier alpha value is -4.45. The Morgan fingerprint density at radius 1 is 0.361 bits per heavy atom. The summed E-state index contributed by atoms with van der Waals surface area (Å²) in [5.41, 5.74) is 0. The Balaban J connectivity index is 4.65. The lowest BCUT2D eigenvalue weighted by atomic mass is 10.1. The molecule has 61 heavy (non-hydrogen) atoms. The first-order valence-corrected chi connectivity index (χ1v) is 23.8. The summed E-state index contributed by atoms with van der Waals surface area (Å²) in [7, 11) is 0. The average Bonchev–Trinajstić information content (AvgIpc) is 3.26. The van der Waals surface area contributed by atoms with Gasteiger partial charge in [-0.1, -0.05) is 199 Å². The number of rotatable bonds is 40. The molecule has 0 aromatic heterocycles. The second-order valence-electron chi connectivity index (χ2n) is 15.0. The highest BCUT2D eigenvalue weighted by atomic mass is 16.6. The molecule has 340 valence electrons. The largest absolute Gasteiger partial charge is 0.462 e. The summed E-state index contributed by atoms with van der Waals surface area (Å²) in [5.74, 6) is -1.13. The fourth-order valence-electron chi connectivity index (χ4n) is 5.75. The molecule has 0 aliphatic heterocycles. The topological polar surface area (TPSA) is 78.9 Å². The number of unbranched alkanes of at least 4 members (excludes halogenated alkanes) is 11. The summed E-state index contributed by atoms with van der Waals surface area (Å²) in [5, 5.41) is 0. The van der Waals surface area contributed by atoms with Gasteiger partial charge in [-0.25, -0.2) is 0 Å². The van der Waals surface area contributed by atoms with Crippen molar-refractivity contribution in [1.29, 1.82) is 0 Å². The van der Waals surface area contributed by atoms with E-state index in [1.807, 2.05) is 66.8 Å². The Bertz CT molecular complexity index is 1380. The lowest BCUT2D eigenvalue weighted by Crippen LogP contribution is -2.30. The van der Waals surface area contributed by atoms with Gasteiger partial charge in [-0.05, 0) is 89.9 Å². The van der Waals surface area contributed by atoms with Gasteiger partial charge >= 0.3 is 17.9 Å².